The van der Waals surface area contributed by atoms with Gasteiger partial charge >= 0.3 is 6.18 Å². The maximum absolute atomic E-state index is 13.9. The molecule has 23 heavy (non-hydrogen) atoms. The number of halogens is 5. The van der Waals surface area contributed by atoms with Crippen LogP contribution in [0, 0.1) is 17.2 Å². The zero-order valence-electron chi connectivity index (χ0n) is 11.8. The summed E-state index contributed by atoms with van der Waals surface area (Å²) in [6.07, 6.45) is -2.06. The van der Waals surface area contributed by atoms with Gasteiger partial charge in [0.05, 0.1) is 16.1 Å². The van der Waals surface area contributed by atoms with E-state index in [1.165, 1.54) is 0 Å². The Kier molecular flexibility index (Phi) is 3.07. The molecule has 9 heteroatoms. The van der Waals surface area contributed by atoms with Gasteiger partial charge in [0.25, 0.3) is 0 Å². The smallest absolute Gasteiger partial charge is 0.236 e. The Labute approximate surface area is 137 Å². The SMILES string of the molecule is C[C@@]12CC1[C@H](c1nc(C(F)(F)F)c(-c3nc(Cl)ncc3F)s1)C2. The highest BCUT2D eigenvalue weighted by Crippen LogP contribution is 2.74. The summed E-state index contributed by atoms with van der Waals surface area (Å²) in [5.41, 5.74) is -1.28. The van der Waals surface area contributed by atoms with Crippen LogP contribution < -0.4 is 0 Å². The highest BCUT2D eigenvalue weighted by molar-refractivity contribution is 7.15. The Morgan fingerprint density at radius 3 is 2.61 bits per heavy atom. The average Bonchev–Trinajstić information content (AvgIpc) is 2.86. The topological polar surface area (TPSA) is 38.7 Å². The molecule has 0 aliphatic heterocycles. The molecule has 2 aromatic rings. The Morgan fingerprint density at radius 2 is 2.04 bits per heavy atom. The summed E-state index contributed by atoms with van der Waals surface area (Å²) >= 11 is 6.46. The molecule has 2 fully saturated rings. The van der Waals surface area contributed by atoms with E-state index in [9.17, 15) is 17.6 Å². The van der Waals surface area contributed by atoms with E-state index in [2.05, 4.69) is 21.9 Å². The van der Waals surface area contributed by atoms with Crippen LogP contribution in [0.1, 0.15) is 36.4 Å². The van der Waals surface area contributed by atoms with Crippen LogP contribution in [0.25, 0.3) is 10.6 Å². The summed E-state index contributed by atoms with van der Waals surface area (Å²) < 4.78 is 53.8. The molecule has 0 saturated heterocycles. The van der Waals surface area contributed by atoms with Crippen LogP contribution in [0.3, 0.4) is 0 Å². The van der Waals surface area contributed by atoms with Crippen LogP contribution in [0.2, 0.25) is 5.28 Å². The molecule has 2 heterocycles. The third kappa shape index (κ3) is 2.34. The fourth-order valence-corrected chi connectivity index (χ4v) is 4.78. The van der Waals surface area contributed by atoms with Crippen LogP contribution in [-0.4, -0.2) is 15.0 Å². The maximum Gasteiger partial charge on any atom is 0.434 e. The number of alkyl halides is 3. The minimum atomic E-state index is -4.68. The lowest BCUT2D eigenvalue weighted by molar-refractivity contribution is -0.140. The molecule has 1 unspecified atom stereocenters. The van der Waals surface area contributed by atoms with E-state index in [1.54, 1.807) is 0 Å². The van der Waals surface area contributed by atoms with Crippen molar-refractivity contribution >= 4 is 22.9 Å². The maximum atomic E-state index is 13.9. The first-order chi connectivity index (χ1) is 10.7. The van der Waals surface area contributed by atoms with E-state index in [4.69, 9.17) is 11.6 Å². The Hall–Kier alpha value is -1.28. The van der Waals surface area contributed by atoms with Crippen molar-refractivity contribution in [3.63, 3.8) is 0 Å². The molecular formula is C14H10ClF4N3S. The van der Waals surface area contributed by atoms with E-state index in [0.717, 1.165) is 30.4 Å². The number of aromatic nitrogens is 3. The van der Waals surface area contributed by atoms with Crippen LogP contribution in [0.4, 0.5) is 17.6 Å². The first-order valence-corrected chi connectivity index (χ1v) is 8.15. The van der Waals surface area contributed by atoms with Crippen LogP contribution in [-0.2, 0) is 6.18 Å². The van der Waals surface area contributed by atoms with Gasteiger partial charge in [-0.05, 0) is 35.8 Å². The quantitative estimate of drug-likeness (QED) is 0.561. The van der Waals surface area contributed by atoms with E-state index in [-0.39, 0.29) is 21.5 Å². The van der Waals surface area contributed by atoms with Crippen molar-refractivity contribution in [2.45, 2.75) is 31.9 Å². The van der Waals surface area contributed by atoms with Gasteiger partial charge in [0.1, 0.15) is 5.69 Å². The molecule has 0 amide bonds. The molecule has 3 atom stereocenters. The fraction of sp³-hybridized carbons (Fsp3) is 0.500. The Morgan fingerprint density at radius 1 is 1.30 bits per heavy atom. The molecule has 0 aromatic carbocycles. The highest BCUT2D eigenvalue weighted by atomic mass is 35.5. The number of nitrogens with zero attached hydrogens (tertiary/aromatic N) is 3. The van der Waals surface area contributed by atoms with Gasteiger partial charge < -0.3 is 0 Å². The summed E-state index contributed by atoms with van der Waals surface area (Å²) in [6.45, 7) is 2.12. The van der Waals surface area contributed by atoms with Gasteiger partial charge in [-0.2, -0.15) is 13.2 Å². The zero-order chi connectivity index (χ0) is 16.6. The highest BCUT2D eigenvalue weighted by Gasteiger charge is 2.65. The second-order valence-electron chi connectivity index (χ2n) is 6.34. The Balaban J connectivity index is 1.81. The third-order valence-corrected chi connectivity index (χ3v) is 6.13. The normalized spacial score (nSPS) is 29.1. The number of hydrogen-bond donors (Lipinski definition) is 0. The van der Waals surface area contributed by atoms with Gasteiger partial charge in [-0.3, -0.25) is 0 Å². The largest absolute Gasteiger partial charge is 0.434 e. The third-order valence-electron chi connectivity index (χ3n) is 4.75. The lowest BCUT2D eigenvalue weighted by Crippen LogP contribution is -2.21. The summed E-state index contributed by atoms with van der Waals surface area (Å²) in [6, 6.07) is 0. The van der Waals surface area contributed by atoms with E-state index in [0.29, 0.717) is 10.9 Å². The van der Waals surface area contributed by atoms with Crippen molar-refractivity contribution in [3.8, 4) is 10.6 Å². The number of rotatable bonds is 2. The van der Waals surface area contributed by atoms with Crippen molar-refractivity contribution < 1.29 is 17.6 Å². The van der Waals surface area contributed by atoms with E-state index in [1.807, 2.05) is 0 Å². The van der Waals surface area contributed by atoms with Crippen LogP contribution >= 0.6 is 22.9 Å². The van der Waals surface area contributed by atoms with Gasteiger partial charge in [-0.1, -0.05) is 6.92 Å². The van der Waals surface area contributed by atoms with E-state index < -0.39 is 23.4 Å². The fourth-order valence-electron chi connectivity index (χ4n) is 3.40. The van der Waals surface area contributed by atoms with Crippen molar-refractivity contribution in [2.75, 3.05) is 0 Å². The molecule has 0 N–H and O–H groups in total. The molecule has 0 spiro atoms. The average molecular weight is 364 g/mol. The van der Waals surface area contributed by atoms with E-state index >= 15 is 0 Å². The molecule has 2 saturated carbocycles. The van der Waals surface area contributed by atoms with Crippen molar-refractivity contribution in [1.29, 1.82) is 0 Å². The Bertz CT molecular complexity index is 806. The second kappa shape index (κ2) is 4.63. The molecule has 2 aliphatic rings. The summed E-state index contributed by atoms with van der Waals surface area (Å²) in [4.78, 5) is 10.5. The van der Waals surface area contributed by atoms with Crippen molar-refractivity contribution in [2.24, 2.45) is 11.3 Å². The first kappa shape index (κ1) is 15.3. The lowest BCUT2D eigenvalue weighted by Gasteiger charge is -2.30. The molecule has 4 rings (SSSR count). The minimum Gasteiger partial charge on any atom is -0.236 e. The minimum absolute atomic E-state index is 0.0280. The second-order valence-corrected chi connectivity index (χ2v) is 7.71. The molecule has 0 bridgehead atoms. The van der Waals surface area contributed by atoms with Gasteiger partial charge in [-0.15, -0.1) is 11.3 Å². The molecule has 2 aliphatic carbocycles. The summed E-state index contributed by atoms with van der Waals surface area (Å²) in [7, 11) is 0. The van der Waals surface area contributed by atoms with Gasteiger partial charge in [-0.25, -0.2) is 19.3 Å². The number of hydrogen-bond acceptors (Lipinski definition) is 4. The molecular weight excluding hydrogens is 354 g/mol. The molecule has 0 radical (unpaired) electrons. The summed E-state index contributed by atoms with van der Waals surface area (Å²) in [5, 5.41) is 0.101. The van der Waals surface area contributed by atoms with Gasteiger partial charge in [0, 0.05) is 5.92 Å². The van der Waals surface area contributed by atoms with Crippen molar-refractivity contribution in [1.82, 2.24) is 15.0 Å². The standard InChI is InChI=1S/C14H10ClF4N3S/c1-13-2-5(6(13)3-13)11-22-10(14(17,18)19)9(23-11)8-7(16)4-20-12(15)21-8/h4-6H,2-3H2,1H3/t5-,6?,13-/m1/s1. The number of thiazole rings is 1. The molecule has 122 valence electrons. The summed E-state index contributed by atoms with van der Waals surface area (Å²) in [5.74, 6) is -0.526. The van der Waals surface area contributed by atoms with Crippen molar-refractivity contribution in [3.05, 3.63) is 28.0 Å². The monoisotopic (exact) mass is 363 g/mol. The van der Waals surface area contributed by atoms with Gasteiger partial charge in [0.2, 0.25) is 5.28 Å². The molecule has 3 nitrogen and oxygen atoms in total. The number of fused-ring (bicyclic) bond motifs is 1. The first-order valence-electron chi connectivity index (χ1n) is 6.95. The molecule has 2 aromatic heterocycles. The van der Waals surface area contributed by atoms with Gasteiger partial charge in [0.15, 0.2) is 11.5 Å². The van der Waals surface area contributed by atoms with Crippen LogP contribution in [0.5, 0.6) is 0 Å². The lowest BCUT2D eigenvalue weighted by atomic mass is 9.76. The zero-order valence-corrected chi connectivity index (χ0v) is 13.4. The predicted octanol–water partition coefficient (Wildman–Crippen LogP) is 4.92. The predicted molar refractivity (Wildman–Crippen MR) is 76.7 cm³/mol. The van der Waals surface area contributed by atoms with Crippen LogP contribution in [0.15, 0.2) is 6.20 Å².